The van der Waals surface area contributed by atoms with E-state index in [0.717, 1.165) is 18.8 Å². The molecule has 0 aliphatic carbocycles. The number of aryl methyl sites for hydroxylation is 1. The van der Waals surface area contributed by atoms with Crippen molar-refractivity contribution in [2.75, 3.05) is 18.8 Å². The third-order valence-corrected chi connectivity index (χ3v) is 3.84. The first-order valence-electron chi connectivity index (χ1n) is 4.99. The molecular weight excluding hydrogens is 192 g/mol. The van der Waals surface area contributed by atoms with Gasteiger partial charge in [0.15, 0.2) is 0 Å². The van der Waals surface area contributed by atoms with E-state index in [2.05, 4.69) is 24.4 Å². The lowest BCUT2D eigenvalue weighted by Gasteiger charge is -2.10. The third-order valence-electron chi connectivity index (χ3n) is 2.47. The van der Waals surface area contributed by atoms with Crippen LogP contribution in [0.2, 0.25) is 0 Å². The van der Waals surface area contributed by atoms with Gasteiger partial charge in [0.05, 0.1) is 0 Å². The predicted octanol–water partition coefficient (Wildman–Crippen LogP) is 2.03. The molecular formula is C11H16N2S. The van der Waals surface area contributed by atoms with Gasteiger partial charge < -0.3 is 11.1 Å². The normalized spacial score (nSPS) is 21.4. The molecule has 1 aromatic rings. The molecule has 1 fully saturated rings. The van der Waals surface area contributed by atoms with E-state index in [4.69, 9.17) is 5.73 Å². The highest BCUT2D eigenvalue weighted by atomic mass is 32.2. The first kappa shape index (κ1) is 9.87. The molecule has 0 bridgehead atoms. The van der Waals surface area contributed by atoms with Crippen molar-refractivity contribution >= 4 is 17.4 Å². The lowest BCUT2D eigenvalue weighted by Crippen LogP contribution is -2.10. The van der Waals surface area contributed by atoms with Gasteiger partial charge in [-0.05, 0) is 37.6 Å². The Morgan fingerprint density at radius 2 is 2.36 bits per heavy atom. The van der Waals surface area contributed by atoms with Gasteiger partial charge in [-0.15, -0.1) is 11.8 Å². The molecule has 2 nitrogen and oxygen atoms in total. The Hall–Kier alpha value is -0.670. The molecule has 2 rings (SSSR count). The molecule has 1 aliphatic rings. The van der Waals surface area contributed by atoms with E-state index in [1.54, 1.807) is 0 Å². The minimum absolute atomic E-state index is 0.694. The molecule has 0 spiro atoms. The summed E-state index contributed by atoms with van der Waals surface area (Å²) >= 11 is 1.90. The minimum atomic E-state index is 0.694. The Kier molecular flexibility index (Phi) is 2.99. The second kappa shape index (κ2) is 4.24. The molecule has 0 amide bonds. The van der Waals surface area contributed by atoms with Gasteiger partial charge >= 0.3 is 0 Å². The molecule has 3 N–H and O–H groups in total. The second-order valence-electron chi connectivity index (χ2n) is 3.77. The van der Waals surface area contributed by atoms with Crippen LogP contribution in [-0.4, -0.2) is 18.3 Å². The number of hydrogen-bond donors (Lipinski definition) is 2. The van der Waals surface area contributed by atoms with Crippen molar-refractivity contribution in [2.24, 2.45) is 0 Å². The molecule has 1 saturated heterocycles. The van der Waals surface area contributed by atoms with Crippen molar-refractivity contribution in [2.45, 2.75) is 23.5 Å². The summed E-state index contributed by atoms with van der Waals surface area (Å²) in [7, 11) is 0. The summed E-state index contributed by atoms with van der Waals surface area (Å²) in [6.07, 6.45) is 1.25. The van der Waals surface area contributed by atoms with Crippen LogP contribution in [0, 0.1) is 6.92 Å². The molecule has 1 aliphatic heterocycles. The Labute approximate surface area is 89.3 Å². The first-order chi connectivity index (χ1) is 6.75. The van der Waals surface area contributed by atoms with Crippen molar-refractivity contribution in [3.05, 3.63) is 23.8 Å². The third kappa shape index (κ3) is 2.22. The van der Waals surface area contributed by atoms with Crippen molar-refractivity contribution in [3.63, 3.8) is 0 Å². The zero-order valence-corrected chi connectivity index (χ0v) is 9.23. The van der Waals surface area contributed by atoms with Crippen molar-refractivity contribution in [3.8, 4) is 0 Å². The monoisotopic (exact) mass is 208 g/mol. The highest BCUT2D eigenvalue weighted by Gasteiger charge is 2.16. The second-order valence-corrected chi connectivity index (χ2v) is 5.12. The standard InChI is InChI=1S/C11H16N2S/c1-8-2-3-11(10(12)6-8)14-9-4-5-13-7-9/h2-3,6,9,13H,4-5,7,12H2,1H3. The van der Waals surface area contributed by atoms with Crippen LogP contribution in [0.5, 0.6) is 0 Å². The summed E-state index contributed by atoms with van der Waals surface area (Å²) < 4.78 is 0. The van der Waals surface area contributed by atoms with E-state index in [-0.39, 0.29) is 0 Å². The van der Waals surface area contributed by atoms with E-state index in [9.17, 15) is 0 Å². The van der Waals surface area contributed by atoms with Gasteiger partial charge in [-0.1, -0.05) is 6.07 Å². The van der Waals surface area contributed by atoms with Gasteiger partial charge in [0.2, 0.25) is 0 Å². The van der Waals surface area contributed by atoms with Crippen LogP contribution in [0.15, 0.2) is 23.1 Å². The molecule has 0 saturated carbocycles. The van der Waals surface area contributed by atoms with Crippen molar-refractivity contribution < 1.29 is 0 Å². The number of nitrogens with two attached hydrogens (primary N) is 1. The van der Waals surface area contributed by atoms with Crippen LogP contribution in [0.1, 0.15) is 12.0 Å². The average molecular weight is 208 g/mol. The van der Waals surface area contributed by atoms with Gasteiger partial charge in [-0.2, -0.15) is 0 Å². The van der Waals surface area contributed by atoms with E-state index >= 15 is 0 Å². The fourth-order valence-corrected chi connectivity index (χ4v) is 2.82. The van der Waals surface area contributed by atoms with Crippen LogP contribution < -0.4 is 11.1 Å². The van der Waals surface area contributed by atoms with Crippen molar-refractivity contribution in [1.82, 2.24) is 5.32 Å². The largest absolute Gasteiger partial charge is 0.398 e. The lowest BCUT2D eigenvalue weighted by molar-refractivity contribution is 0.858. The maximum Gasteiger partial charge on any atom is 0.0454 e. The smallest absolute Gasteiger partial charge is 0.0454 e. The van der Waals surface area contributed by atoms with E-state index < -0.39 is 0 Å². The van der Waals surface area contributed by atoms with E-state index in [0.29, 0.717) is 5.25 Å². The zero-order valence-electron chi connectivity index (χ0n) is 8.42. The molecule has 1 unspecified atom stereocenters. The summed E-state index contributed by atoms with van der Waals surface area (Å²) in [5.41, 5.74) is 8.11. The number of hydrogen-bond acceptors (Lipinski definition) is 3. The van der Waals surface area contributed by atoms with Gasteiger partial charge in [-0.25, -0.2) is 0 Å². The highest BCUT2D eigenvalue weighted by molar-refractivity contribution is 8.00. The van der Waals surface area contributed by atoms with Crippen LogP contribution in [0.4, 0.5) is 5.69 Å². The van der Waals surface area contributed by atoms with E-state index in [1.807, 2.05) is 17.8 Å². The number of nitrogen functional groups attached to an aromatic ring is 1. The quantitative estimate of drug-likeness (QED) is 0.730. The highest BCUT2D eigenvalue weighted by Crippen LogP contribution is 2.31. The van der Waals surface area contributed by atoms with Gasteiger partial charge in [0.1, 0.15) is 0 Å². The van der Waals surface area contributed by atoms with E-state index in [1.165, 1.54) is 16.9 Å². The Bertz CT molecular complexity index is 319. The zero-order chi connectivity index (χ0) is 9.97. The average Bonchev–Trinajstić information content (AvgIpc) is 2.62. The molecule has 0 aromatic heterocycles. The van der Waals surface area contributed by atoms with Crippen LogP contribution >= 0.6 is 11.8 Å². The fourth-order valence-electron chi connectivity index (χ4n) is 1.68. The maximum atomic E-state index is 5.96. The molecule has 14 heavy (non-hydrogen) atoms. The maximum absolute atomic E-state index is 5.96. The summed E-state index contributed by atoms with van der Waals surface area (Å²) in [6, 6.07) is 6.30. The number of benzene rings is 1. The molecule has 76 valence electrons. The summed E-state index contributed by atoms with van der Waals surface area (Å²) in [4.78, 5) is 1.23. The summed E-state index contributed by atoms with van der Waals surface area (Å²) in [5.74, 6) is 0. The Morgan fingerprint density at radius 3 is 3.00 bits per heavy atom. The van der Waals surface area contributed by atoms with Gasteiger partial charge in [0.25, 0.3) is 0 Å². The molecule has 1 atom stereocenters. The Balaban J connectivity index is 2.08. The summed E-state index contributed by atoms with van der Waals surface area (Å²) in [6.45, 7) is 4.32. The molecule has 3 heteroatoms. The minimum Gasteiger partial charge on any atom is -0.398 e. The topological polar surface area (TPSA) is 38.0 Å². The SMILES string of the molecule is Cc1ccc(SC2CCNC2)c(N)c1. The predicted molar refractivity (Wildman–Crippen MR) is 62.7 cm³/mol. The Morgan fingerprint density at radius 1 is 1.50 bits per heavy atom. The van der Waals surface area contributed by atoms with Crippen molar-refractivity contribution in [1.29, 1.82) is 0 Å². The van der Waals surface area contributed by atoms with Gasteiger partial charge in [0, 0.05) is 22.4 Å². The molecule has 0 radical (unpaired) electrons. The fraction of sp³-hybridized carbons (Fsp3) is 0.455. The lowest BCUT2D eigenvalue weighted by atomic mass is 10.2. The summed E-state index contributed by atoms with van der Waals surface area (Å²) in [5, 5.41) is 4.06. The van der Waals surface area contributed by atoms with Crippen LogP contribution in [0.25, 0.3) is 0 Å². The number of anilines is 1. The number of rotatable bonds is 2. The van der Waals surface area contributed by atoms with Crippen LogP contribution in [0.3, 0.4) is 0 Å². The van der Waals surface area contributed by atoms with Gasteiger partial charge in [-0.3, -0.25) is 0 Å². The number of thioether (sulfide) groups is 1. The first-order valence-corrected chi connectivity index (χ1v) is 5.87. The number of nitrogens with one attached hydrogen (secondary N) is 1. The molecule has 1 heterocycles. The van der Waals surface area contributed by atoms with Crippen LogP contribution in [-0.2, 0) is 0 Å². The molecule has 1 aromatic carbocycles.